The Morgan fingerprint density at radius 1 is 1.15 bits per heavy atom. The second-order valence-corrected chi connectivity index (χ2v) is 6.95. The van der Waals surface area contributed by atoms with Crippen molar-refractivity contribution in [2.24, 2.45) is 0 Å². The number of nitrogens with zero attached hydrogens (tertiary/aromatic N) is 2. The van der Waals surface area contributed by atoms with Crippen LogP contribution in [0.4, 0.5) is 11.4 Å². The van der Waals surface area contributed by atoms with Crippen molar-refractivity contribution in [1.82, 2.24) is 0 Å². The smallest absolute Gasteiger partial charge is 0.305 e. The minimum Gasteiger partial charge on any atom is -0.466 e. The molecule has 2 aromatic rings. The van der Waals surface area contributed by atoms with Crippen LogP contribution < -0.4 is 9.80 Å². The molecule has 0 aliphatic carbocycles. The number of ether oxygens (including phenoxy) is 1. The van der Waals surface area contributed by atoms with Crippen molar-refractivity contribution in [3.63, 3.8) is 0 Å². The van der Waals surface area contributed by atoms with Crippen LogP contribution in [0.1, 0.15) is 41.3 Å². The fourth-order valence-corrected chi connectivity index (χ4v) is 3.29. The van der Waals surface area contributed by atoms with E-state index >= 15 is 0 Å². The van der Waals surface area contributed by atoms with Gasteiger partial charge < -0.3 is 14.5 Å². The lowest BCUT2D eigenvalue weighted by Crippen LogP contribution is -2.23. The van der Waals surface area contributed by atoms with E-state index in [9.17, 15) is 9.59 Å². The molecule has 0 aromatic heterocycles. The molecule has 5 nitrogen and oxygen atoms in total. The van der Waals surface area contributed by atoms with E-state index in [0.717, 1.165) is 40.9 Å². The van der Waals surface area contributed by atoms with Crippen LogP contribution in [-0.2, 0) is 22.5 Å². The summed E-state index contributed by atoms with van der Waals surface area (Å²) in [5, 5.41) is 0. The molecular weight excluding hydrogens is 340 g/mol. The van der Waals surface area contributed by atoms with Gasteiger partial charge in [-0.25, -0.2) is 0 Å². The summed E-state index contributed by atoms with van der Waals surface area (Å²) in [4.78, 5) is 28.0. The van der Waals surface area contributed by atoms with Gasteiger partial charge in [-0.2, -0.15) is 0 Å². The van der Waals surface area contributed by atoms with Crippen molar-refractivity contribution in [2.45, 2.75) is 32.7 Å². The maximum absolute atomic E-state index is 12.8. The molecule has 3 rings (SSSR count). The fourth-order valence-electron chi connectivity index (χ4n) is 3.29. The summed E-state index contributed by atoms with van der Waals surface area (Å²) in [7, 11) is 3.94. The molecule has 1 aliphatic rings. The Labute approximate surface area is 160 Å². The van der Waals surface area contributed by atoms with Gasteiger partial charge in [0.05, 0.1) is 13.2 Å². The SMILES string of the molecule is CCOC(=O)CCCc1ccc(N2Cc3ccc(N(C)C)cc3C2=O)cc1. The normalized spacial score (nSPS) is 12.9. The minimum atomic E-state index is -0.147. The lowest BCUT2D eigenvalue weighted by molar-refractivity contribution is -0.143. The van der Waals surface area contributed by atoms with E-state index in [1.165, 1.54) is 0 Å². The van der Waals surface area contributed by atoms with Crippen molar-refractivity contribution in [3.05, 3.63) is 59.2 Å². The van der Waals surface area contributed by atoms with Gasteiger partial charge in [0.15, 0.2) is 0 Å². The Kier molecular flexibility index (Phi) is 5.79. The molecule has 0 unspecified atom stereocenters. The number of fused-ring (bicyclic) bond motifs is 1. The van der Waals surface area contributed by atoms with E-state index in [4.69, 9.17) is 4.74 Å². The first-order valence-electron chi connectivity index (χ1n) is 9.36. The Bertz CT molecular complexity index is 828. The van der Waals surface area contributed by atoms with Crippen molar-refractivity contribution >= 4 is 23.3 Å². The summed E-state index contributed by atoms with van der Waals surface area (Å²) in [6, 6.07) is 14.1. The Hall–Kier alpha value is -2.82. The first kappa shape index (κ1) is 19.0. The topological polar surface area (TPSA) is 49.9 Å². The number of benzene rings is 2. The molecule has 2 aromatic carbocycles. The third-order valence-corrected chi connectivity index (χ3v) is 4.81. The van der Waals surface area contributed by atoms with Gasteiger partial charge in [0.1, 0.15) is 0 Å². The molecule has 5 heteroatoms. The summed E-state index contributed by atoms with van der Waals surface area (Å²) in [6.45, 7) is 2.84. The number of amides is 1. The zero-order valence-electron chi connectivity index (χ0n) is 16.2. The third-order valence-electron chi connectivity index (χ3n) is 4.81. The lowest BCUT2D eigenvalue weighted by Gasteiger charge is -2.16. The van der Waals surface area contributed by atoms with E-state index in [-0.39, 0.29) is 11.9 Å². The predicted octanol–water partition coefficient (Wildman–Crippen LogP) is 3.80. The van der Waals surface area contributed by atoms with Crippen LogP contribution in [0.25, 0.3) is 0 Å². The van der Waals surface area contributed by atoms with Crippen molar-refractivity contribution in [1.29, 1.82) is 0 Å². The second-order valence-electron chi connectivity index (χ2n) is 6.95. The van der Waals surface area contributed by atoms with Gasteiger partial charge >= 0.3 is 5.97 Å². The van der Waals surface area contributed by atoms with Crippen LogP contribution in [0, 0.1) is 0 Å². The number of esters is 1. The summed E-state index contributed by atoms with van der Waals surface area (Å²) >= 11 is 0. The lowest BCUT2D eigenvalue weighted by atomic mass is 10.1. The monoisotopic (exact) mass is 366 g/mol. The summed E-state index contributed by atoms with van der Waals surface area (Å²) in [5.74, 6) is -0.101. The highest BCUT2D eigenvalue weighted by Gasteiger charge is 2.28. The fraction of sp³-hybridized carbons (Fsp3) is 0.364. The highest BCUT2D eigenvalue weighted by molar-refractivity contribution is 6.10. The largest absolute Gasteiger partial charge is 0.466 e. The van der Waals surface area contributed by atoms with E-state index in [0.29, 0.717) is 19.6 Å². The van der Waals surface area contributed by atoms with Crippen molar-refractivity contribution in [3.8, 4) is 0 Å². The Morgan fingerprint density at radius 2 is 1.89 bits per heavy atom. The predicted molar refractivity (Wildman–Crippen MR) is 107 cm³/mol. The van der Waals surface area contributed by atoms with Crippen LogP contribution in [-0.4, -0.2) is 32.6 Å². The van der Waals surface area contributed by atoms with Gasteiger partial charge in [0.25, 0.3) is 5.91 Å². The van der Waals surface area contributed by atoms with Crippen molar-refractivity contribution < 1.29 is 14.3 Å². The quantitative estimate of drug-likeness (QED) is 0.700. The molecule has 142 valence electrons. The van der Waals surface area contributed by atoms with Gasteiger partial charge in [-0.05, 0) is 55.2 Å². The van der Waals surface area contributed by atoms with Crippen LogP contribution in [0.2, 0.25) is 0 Å². The Morgan fingerprint density at radius 3 is 2.56 bits per heavy atom. The molecule has 0 saturated heterocycles. The number of rotatable bonds is 7. The van der Waals surface area contributed by atoms with E-state index in [1.54, 1.807) is 0 Å². The zero-order valence-corrected chi connectivity index (χ0v) is 16.2. The molecule has 1 aliphatic heterocycles. The average Bonchev–Trinajstić information content (AvgIpc) is 2.99. The second kappa shape index (κ2) is 8.25. The number of carbonyl (C=O) groups is 2. The first-order valence-corrected chi connectivity index (χ1v) is 9.36. The first-order chi connectivity index (χ1) is 13.0. The van der Waals surface area contributed by atoms with Crippen molar-refractivity contribution in [2.75, 3.05) is 30.5 Å². The highest BCUT2D eigenvalue weighted by atomic mass is 16.5. The average molecular weight is 366 g/mol. The van der Waals surface area contributed by atoms with E-state index in [1.807, 2.05) is 73.3 Å². The van der Waals surface area contributed by atoms with E-state index < -0.39 is 0 Å². The van der Waals surface area contributed by atoms with Gasteiger partial charge in [0, 0.05) is 37.5 Å². The number of aryl methyl sites for hydroxylation is 1. The standard InChI is InChI=1S/C22H26N2O3/c1-4-27-21(25)7-5-6-16-8-11-18(12-9-16)24-15-17-10-13-19(23(2)3)14-20(17)22(24)26/h8-14H,4-7,15H2,1-3H3. The summed E-state index contributed by atoms with van der Waals surface area (Å²) < 4.78 is 4.95. The molecule has 0 fully saturated rings. The van der Waals surface area contributed by atoms with Gasteiger partial charge in [-0.1, -0.05) is 18.2 Å². The molecule has 27 heavy (non-hydrogen) atoms. The Balaban J connectivity index is 1.64. The molecular formula is C22H26N2O3. The van der Waals surface area contributed by atoms with Crippen LogP contribution in [0.5, 0.6) is 0 Å². The summed E-state index contributed by atoms with van der Waals surface area (Å²) in [6.07, 6.45) is 2.02. The van der Waals surface area contributed by atoms with Gasteiger partial charge in [-0.15, -0.1) is 0 Å². The molecule has 0 spiro atoms. The molecule has 0 N–H and O–H groups in total. The molecule has 1 amide bonds. The van der Waals surface area contributed by atoms with Crippen LogP contribution in [0.3, 0.4) is 0 Å². The molecule has 0 saturated carbocycles. The van der Waals surface area contributed by atoms with Gasteiger partial charge in [-0.3, -0.25) is 9.59 Å². The maximum Gasteiger partial charge on any atom is 0.305 e. The number of hydrogen-bond donors (Lipinski definition) is 0. The number of hydrogen-bond acceptors (Lipinski definition) is 4. The van der Waals surface area contributed by atoms with Crippen LogP contribution >= 0.6 is 0 Å². The minimum absolute atomic E-state index is 0.0451. The molecule has 0 atom stereocenters. The highest BCUT2D eigenvalue weighted by Crippen LogP contribution is 2.31. The molecule has 0 bridgehead atoms. The zero-order chi connectivity index (χ0) is 19.4. The maximum atomic E-state index is 12.8. The molecule has 0 radical (unpaired) electrons. The van der Waals surface area contributed by atoms with E-state index in [2.05, 4.69) is 0 Å². The molecule has 1 heterocycles. The summed E-state index contributed by atoms with van der Waals surface area (Å²) in [5.41, 5.74) is 4.92. The number of anilines is 2. The third kappa shape index (κ3) is 4.30. The van der Waals surface area contributed by atoms with Gasteiger partial charge in [0.2, 0.25) is 0 Å². The number of carbonyl (C=O) groups excluding carboxylic acids is 2. The van der Waals surface area contributed by atoms with Crippen LogP contribution in [0.15, 0.2) is 42.5 Å².